The van der Waals surface area contributed by atoms with Gasteiger partial charge in [-0.15, -0.1) is 0 Å². The second-order valence-electron chi connectivity index (χ2n) is 5.53. The molecule has 1 aliphatic carbocycles. The van der Waals surface area contributed by atoms with Crippen LogP contribution < -0.4 is 5.32 Å². The van der Waals surface area contributed by atoms with Crippen LogP contribution >= 0.6 is 0 Å². The predicted octanol–water partition coefficient (Wildman–Crippen LogP) is 4.05. The highest BCUT2D eigenvalue weighted by molar-refractivity contribution is 5.39. The quantitative estimate of drug-likeness (QED) is 0.883. The summed E-state index contributed by atoms with van der Waals surface area (Å²) in [5, 5.41) is 3.62. The smallest absolute Gasteiger partial charge is 0.0594 e. The molecule has 20 heavy (non-hydrogen) atoms. The summed E-state index contributed by atoms with van der Waals surface area (Å²) in [6.07, 6.45) is 7.86. The van der Waals surface area contributed by atoms with Gasteiger partial charge in [-0.05, 0) is 48.1 Å². The summed E-state index contributed by atoms with van der Waals surface area (Å²) >= 11 is 0. The summed E-state index contributed by atoms with van der Waals surface area (Å²) in [5.41, 5.74) is 4.20. The molecule has 1 aromatic heterocycles. The molecule has 1 unspecified atom stereocenters. The molecule has 104 valence electrons. The highest BCUT2D eigenvalue weighted by atomic mass is 14.9. The highest BCUT2D eigenvalue weighted by Gasteiger charge is 2.25. The lowest BCUT2D eigenvalue weighted by Gasteiger charge is -2.31. The summed E-state index contributed by atoms with van der Waals surface area (Å²) in [6, 6.07) is 13.3. The van der Waals surface area contributed by atoms with E-state index in [4.69, 9.17) is 0 Å². The van der Waals surface area contributed by atoms with E-state index >= 15 is 0 Å². The lowest BCUT2D eigenvalue weighted by atomic mass is 9.76. The summed E-state index contributed by atoms with van der Waals surface area (Å²) in [7, 11) is 0. The summed E-state index contributed by atoms with van der Waals surface area (Å²) in [4.78, 5) is 4.28. The van der Waals surface area contributed by atoms with Gasteiger partial charge in [0.2, 0.25) is 0 Å². The van der Waals surface area contributed by atoms with Crippen LogP contribution in [-0.2, 0) is 0 Å². The molecule has 0 saturated heterocycles. The van der Waals surface area contributed by atoms with E-state index in [1.807, 2.05) is 18.5 Å². The van der Waals surface area contributed by atoms with Gasteiger partial charge in [-0.1, -0.05) is 43.7 Å². The highest BCUT2D eigenvalue weighted by Crippen LogP contribution is 2.40. The number of hydrogen-bond donors (Lipinski definition) is 1. The maximum Gasteiger partial charge on any atom is 0.0594 e. The van der Waals surface area contributed by atoms with E-state index in [0.717, 1.165) is 12.5 Å². The summed E-state index contributed by atoms with van der Waals surface area (Å²) in [6.45, 7) is 3.12. The Bertz CT molecular complexity index is 546. The number of nitrogens with zero attached hydrogens (tertiary/aromatic N) is 1. The minimum atomic E-state index is 0.255. The number of aromatic nitrogens is 1. The minimum absolute atomic E-state index is 0.255. The van der Waals surface area contributed by atoms with E-state index in [1.54, 1.807) is 0 Å². The van der Waals surface area contributed by atoms with Crippen molar-refractivity contribution in [3.05, 3.63) is 65.5 Å². The second-order valence-corrected chi connectivity index (χ2v) is 5.53. The molecule has 0 radical (unpaired) electrons. The van der Waals surface area contributed by atoms with Crippen molar-refractivity contribution in [3.8, 4) is 0 Å². The first-order valence-electron chi connectivity index (χ1n) is 7.62. The fourth-order valence-corrected chi connectivity index (χ4v) is 3.02. The van der Waals surface area contributed by atoms with E-state index in [1.165, 1.54) is 36.0 Å². The van der Waals surface area contributed by atoms with Crippen molar-refractivity contribution in [1.29, 1.82) is 0 Å². The maximum atomic E-state index is 4.28. The first-order chi connectivity index (χ1) is 9.90. The van der Waals surface area contributed by atoms with Gasteiger partial charge in [0.15, 0.2) is 0 Å². The first kappa shape index (κ1) is 13.3. The molecule has 2 heteroatoms. The van der Waals surface area contributed by atoms with Crippen molar-refractivity contribution >= 4 is 0 Å². The molecule has 1 atom stereocenters. The molecule has 2 aromatic rings. The van der Waals surface area contributed by atoms with Gasteiger partial charge in [-0.25, -0.2) is 0 Å². The molecule has 2 nitrogen and oxygen atoms in total. The van der Waals surface area contributed by atoms with E-state index in [-0.39, 0.29) is 6.04 Å². The van der Waals surface area contributed by atoms with Crippen LogP contribution in [0.3, 0.4) is 0 Å². The van der Waals surface area contributed by atoms with Crippen molar-refractivity contribution in [3.63, 3.8) is 0 Å². The summed E-state index contributed by atoms with van der Waals surface area (Å²) < 4.78 is 0. The molecule has 0 amide bonds. The monoisotopic (exact) mass is 266 g/mol. The Balaban J connectivity index is 1.99. The molecular weight excluding hydrogens is 244 g/mol. The molecule has 1 aromatic carbocycles. The van der Waals surface area contributed by atoms with Crippen LogP contribution in [0.4, 0.5) is 0 Å². The van der Waals surface area contributed by atoms with E-state index in [2.05, 4.69) is 47.6 Å². The molecule has 0 bridgehead atoms. The Hall–Kier alpha value is -1.67. The molecule has 0 spiro atoms. The van der Waals surface area contributed by atoms with Gasteiger partial charge < -0.3 is 5.32 Å². The maximum absolute atomic E-state index is 4.28. The molecule has 1 N–H and O–H groups in total. The SMILES string of the molecule is CCNC(c1cccnc1)c1ccccc1C1CCC1. The number of pyridine rings is 1. The topological polar surface area (TPSA) is 24.9 Å². The molecule has 1 aliphatic rings. The first-order valence-corrected chi connectivity index (χ1v) is 7.62. The molecule has 1 saturated carbocycles. The van der Waals surface area contributed by atoms with Gasteiger partial charge in [-0.3, -0.25) is 4.98 Å². The zero-order valence-corrected chi connectivity index (χ0v) is 12.0. The van der Waals surface area contributed by atoms with Gasteiger partial charge in [-0.2, -0.15) is 0 Å². The third kappa shape index (κ3) is 2.61. The van der Waals surface area contributed by atoms with Crippen LogP contribution in [0.2, 0.25) is 0 Å². The van der Waals surface area contributed by atoms with Crippen LogP contribution in [0.5, 0.6) is 0 Å². The van der Waals surface area contributed by atoms with Gasteiger partial charge in [0.25, 0.3) is 0 Å². The Kier molecular flexibility index (Phi) is 4.12. The molecule has 1 fully saturated rings. The van der Waals surface area contributed by atoms with E-state index in [0.29, 0.717) is 0 Å². The van der Waals surface area contributed by atoms with Gasteiger partial charge in [0.05, 0.1) is 6.04 Å². The zero-order valence-electron chi connectivity index (χ0n) is 12.0. The lowest BCUT2D eigenvalue weighted by molar-refractivity contribution is 0.414. The number of hydrogen-bond acceptors (Lipinski definition) is 2. The van der Waals surface area contributed by atoms with Gasteiger partial charge >= 0.3 is 0 Å². The minimum Gasteiger partial charge on any atom is -0.306 e. The third-order valence-electron chi connectivity index (χ3n) is 4.28. The number of benzene rings is 1. The van der Waals surface area contributed by atoms with Crippen molar-refractivity contribution in [2.24, 2.45) is 0 Å². The zero-order chi connectivity index (χ0) is 13.8. The van der Waals surface area contributed by atoms with Crippen molar-refractivity contribution in [1.82, 2.24) is 10.3 Å². The molecule has 1 heterocycles. The van der Waals surface area contributed by atoms with Crippen LogP contribution in [0.15, 0.2) is 48.8 Å². The average Bonchev–Trinajstić information content (AvgIpc) is 2.45. The molecule has 0 aliphatic heterocycles. The Morgan fingerprint density at radius 3 is 2.70 bits per heavy atom. The van der Waals surface area contributed by atoms with Gasteiger partial charge in [0.1, 0.15) is 0 Å². The Labute approximate surface area is 121 Å². The van der Waals surface area contributed by atoms with Crippen molar-refractivity contribution in [2.75, 3.05) is 6.54 Å². The van der Waals surface area contributed by atoms with Crippen LogP contribution in [0.25, 0.3) is 0 Å². The van der Waals surface area contributed by atoms with Crippen LogP contribution in [0.1, 0.15) is 54.8 Å². The van der Waals surface area contributed by atoms with Gasteiger partial charge in [0, 0.05) is 12.4 Å². The predicted molar refractivity (Wildman–Crippen MR) is 82.8 cm³/mol. The largest absolute Gasteiger partial charge is 0.306 e. The lowest BCUT2D eigenvalue weighted by Crippen LogP contribution is -2.24. The Morgan fingerprint density at radius 2 is 2.05 bits per heavy atom. The number of nitrogens with one attached hydrogen (secondary N) is 1. The van der Waals surface area contributed by atoms with Crippen molar-refractivity contribution in [2.45, 2.75) is 38.1 Å². The fraction of sp³-hybridized carbons (Fsp3) is 0.389. The van der Waals surface area contributed by atoms with Crippen LogP contribution in [-0.4, -0.2) is 11.5 Å². The molecular formula is C18H22N2. The Morgan fingerprint density at radius 1 is 1.20 bits per heavy atom. The van der Waals surface area contributed by atoms with Crippen LogP contribution in [0, 0.1) is 0 Å². The average molecular weight is 266 g/mol. The van der Waals surface area contributed by atoms with Crippen molar-refractivity contribution < 1.29 is 0 Å². The standard InChI is InChI=1S/C18H22N2/c1-2-20-18(15-9-6-12-19-13-15)17-11-4-3-10-16(17)14-7-5-8-14/h3-4,6,9-14,18,20H,2,5,7-8H2,1H3. The fourth-order valence-electron chi connectivity index (χ4n) is 3.02. The normalized spacial score (nSPS) is 16.6. The van der Waals surface area contributed by atoms with E-state index < -0.39 is 0 Å². The second kappa shape index (κ2) is 6.19. The summed E-state index contributed by atoms with van der Waals surface area (Å²) in [5.74, 6) is 0.754. The number of rotatable bonds is 5. The molecule has 3 rings (SSSR count). The third-order valence-corrected chi connectivity index (χ3v) is 4.28. The van der Waals surface area contributed by atoms with E-state index in [9.17, 15) is 0 Å².